The molecule has 0 aromatic heterocycles. The third kappa shape index (κ3) is 61.5. The number of hydrogen-bond acceptors (Lipinski definition) is 5. The molecule has 1 unspecified atom stereocenters. The lowest BCUT2D eigenvalue weighted by Crippen LogP contribution is -2.28. The zero-order valence-corrected chi connectivity index (χ0v) is 48.4. The number of allylic oxidation sites excluding steroid dienone is 30. The van der Waals surface area contributed by atoms with Gasteiger partial charge in [0.25, 0.3) is 0 Å². The van der Waals surface area contributed by atoms with Gasteiger partial charge in [-0.1, -0.05) is 267 Å². The largest absolute Gasteiger partial charge is 0.462 e. The predicted octanol–water partition coefficient (Wildman–Crippen LogP) is 21.1. The maximum atomic E-state index is 12.3. The SMILES string of the molecule is CC/C=C\C/C=C\C/C=C\C/C=C\C/C=C\C/C=C\C/C=C\C/C=C\C/C=C\C/C=C\CCCCCCCCCCCCC(=O)OC(CO)COC(=O)CCCCCCC/C=C\C/C=C\C/C=C\C/C=C\C/C=C\CC. The highest BCUT2D eigenvalue weighted by atomic mass is 16.6. The number of unbranched alkanes of at least 4 members (excludes halogenated alkanes) is 15. The van der Waals surface area contributed by atoms with Crippen LogP contribution in [0.1, 0.15) is 232 Å². The molecular weight excluding hydrogens is 933 g/mol. The van der Waals surface area contributed by atoms with Gasteiger partial charge in [0.1, 0.15) is 6.61 Å². The Morgan fingerprint density at radius 3 is 0.789 bits per heavy atom. The van der Waals surface area contributed by atoms with E-state index in [-0.39, 0.29) is 25.2 Å². The molecule has 0 fully saturated rings. The molecule has 0 aliphatic carbocycles. The average Bonchev–Trinajstić information content (AvgIpc) is 3.42. The van der Waals surface area contributed by atoms with E-state index in [1.807, 2.05) is 0 Å². The van der Waals surface area contributed by atoms with Gasteiger partial charge >= 0.3 is 11.9 Å². The first-order valence-corrected chi connectivity index (χ1v) is 30.3. The van der Waals surface area contributed by atoms with Gasteiger partial charge in [0.05, 0.1) is 6.61 Å². The number of carbonyl (C=O) groups excluding carboxylic acids is 2. The van der Waals surface area contributed by atoms with Gasteiger partial charge in [-0.2, -0.15) is 0 Å². The Hall–Kier alpha value is -5.00. The van der Waals surface area contributed by atoms with Crippen molar-refractivity contribution in [3.05, 3.63) is 182 Å². The van der Waals surface area contributed by atoms with E-state index in [0.29, 0.717) is 12.8 Å². The van der Waals surface area contributed by atoms with Crippen LogP contribution in [-0.2, 0) is 19.1 Å². The van der Waals surface area contributed by atoms with Crippen LogP contribution in [0.4, 0.5) is 0 Å². The van der Waals surface area contributed by atoms with Crippen LogP contribution in [0.2, 0.25) is 0 Å². The van der Waals surface area contributed by atoms with Gasteiger partial charge in [-0.3, -0.25) is 9.59 Å². The summed E-state index contributed by atoms with van der Waals surface area (Å²) in [5.41, 5.74) is 0. The second kappa shape index (κ2) is 64.3. The maximum Gasteiger partial charge on any atom is 0.306 e. The number of esters is 2. The molecule has 1 N–H and O–H groups in total. The Morgan fingerprint density at radius 2 is 0.526 bits per heavy atom. The molecule has 0 heterocycles. The molecule has 0 bridgehead atoms. The smallest absolute Gasteiger partial charge is 0.306 e. The fourth-order valence-electron chi connectivity index (χ4n) is 7.73. The number of ether oxygens (including phenoxy) is 2. The summed E-state index contributed by atoms with van der Waals surface area (Å²) in [6.45, 7) is 3.88. The van der Waals surface area contributed by atoms with Crippen molar-refractivity contribution in [2.24, 2.45) is 0 Å². The quantitative estimate of drug-likeness (QED) is 0.0373. The van der Waals surface area contributed by atoms with Crippen LogP contribution >= 0.6 is 0 Å². The monoisotopic (exact) mass is 1040 g/mol. The lowest BCUT2D eigenvalue weighted by molar-refractivity contribution is -0.161. The summed E-state index contributed by atoms with van der Waals surface area (Å²) in [6, 6.07) is 0. The van der Waals surface area contributed by atoms with Crippen LogP contribution in [0.3, 0.4) is 0 Å². The normalized spacial score (nSPS) is 13.6. The molecule has 5 heteroatoms. The van der Waals surface area contributed by atoms with E-state index in [1.165, 1.54) is 51.4 Å². The third-order valence-electron chi connectivity index (χ3n) is 12.2. The molecule has 0 saturated carbocycles. The number of aliphatic hydroxyl groups is 1. The van der Waals surface area contributed by atoms with Crippen molar-refractivity contribution in [3.63, 3.8) is 0 Å². The van der Waals surface area contributed by atoms with Crippen LogP contribution in [0, 0.1) is 0 Å². The van der Waals surface area contributed by atoms with Gasteiger partial charge in [-0.25, -0.2) is 0 Å². The van der Waals surface area contributed by atoms with Crippen LogP contribution in [0.5, 0.6) is 0 Å². The molecule has 0 aromatic rings. The van der Waals surface area contributed by atoms with Gasteiger partial charge in [0, 0.05) is 12.8 Å². The van der Waals surface area contributed by atoms with Gasteiger partial charge in [0.15, 0.2) is 6.10 Å². The average molecular weight is 1040 g/mol. The van der Waals surface area contributed by atoms with E-state index in [1.54, 1.807) is 0 Å². The zero-order valence-electron chi connectivity index (χ0n) is 48.4. The minimum absolute atomic E-state index is 0.0889. The third-order valence-corrected chi connectivity index (χ3v) is 12.2. The molecule has 0 aliphatic heterocycles. The van der Waals surface area contributed by atoms with Gasteiger partial charge in [-0.15, -0.1) is 0 Å². The molecular formula is C71H110O5. The summed E-state index contributed by atoms with van der Waals surface area (Å²) in [5.74, 6) is -0.629. The Kier molecular flexibility index (Phi) is 60.1. The van der Waals surface area contributed by atoms with E-state index in [2.05, 4.69) is 196 Å². The van der Waals surface area contributed by atoms with E-state index in [9.17, 15) is 14.7 Å². The van der Waals surface area contributed by atoms with Gasteiger partial charge < -0.3 is 14.6 Å². The summed E-state index contributed by atoms with van der Waals surface area (Å²) in [6.07, 6.45) is 102. The van der Waals surface area contributed by atoms with Crippen molar-refractivity contribution >= 4 is 11.9 Å². The topological polar surface area (TPSA) is 72.8 Å². The molecule has 424 valence electrons. The lowest BCUT2D eigenvalue weighted by atomic mass is 10.0. The van der Waals surface area contributed by atoms with Crippen LogP contribution in [0.25, 0.3) is 0 Å². The van der Waals surface area contributed by atoms with Crippen molar-refractivity contribution in [1.29, 1.82) is 0 Å². The first-order chi connectivity index (χ1) is 37.6. The Labute approximate surface area is 467 Å². The minimum Gasteiger partial charge on any atom is -0.462 e. The van der Waals surface area contributed by atoms with Crippen LogP contribution in [0.15, 0.2) is 182 Å². The molecule has 0 rings (SSSR count). The highest BCUT2D eigenvalue weighted by Gasteiger charge is 2.16. The summed E-state index contributed by atoms with van der Waals surface area (Å²) in [4.78, 5) is 24.5. The summed E-state index contributed by atoms with van der Waals surface area (Å²) < 4.78 is 10.7. The molecule has 0 radical (unpaired) electrons. The second-order valence-corrected chi connectivity index (χ2v) is 19.3. The highest BCUT2D eigenvalue weighted by Crippen LogP contribution is 2.14. The predicted molar refractivity (Wildman–Crippen MR) is 333 cm³/mol. The first-order valence-electron chi connectivity index (χ1n) is 30.3. The summed E-state index contributed by atoms with van der Waals surface area (Å²) in [5, 5.41) is 9.66. The molecule has 0 amide bonds. The highest BCUT2D eigenvalue weighted by molar-refractivity contribution is 5.70. The Morgan fingerprint density at radius 1 is 0.303 bits per heavy atom. The van der Waals surface area contributed by atoms with Crippen molar-refractivity contribution in [2.75, 3.05) is 13.2 Å². The maximum absolute atomic E-state index is 12.3. The zero-order chi connectivity index (χ0) is 54.8. The van der Waals surface area contributed by atoms with E-state index < -0.39 is 6.10 Å². The van der Waals surface area contributed by atoms with Crippen molar-refractivity contribution in [2.45, 2.75) is 238 Å². The van der Waals surface area contributed by atoms with Gasteiger partial charge in [-0.05, 0) is 135 Å². The first kappa shape index (κ1) is 71.0. The van der Waals surface area contributed by atoms with Crippen LogP contribution < -0.4 is 0 Å². The standard InChI is InChI=1S/C71H110O5/c1-3-5-7-9-11-13-15-17-19-21-23-25-26-27-28-29-30-31-32-33-34-35-36-37-38-39-40-41-42-43-44-46-48-50-52-54-56-58-60-62-64-66-71(74)76-69(67-72)68-75-70(73)65-63-61-59-57-55-53-51-49-47-45-24-22-20-18-16-14-12-10-8-6-4-2/h5-8,11-14,17-20,23-25,27-28,30-31,33-34,36-37,39-40,42-43,45,49,51,69,72H,3-4,9-10,15-16,21-22,26,29,32,35,38,41,44,46-48,50,52-68H2,1-2H3/b7-5-,8-6-,13-11-,14-12-,19-17-,20-18-,25-23-,28-27-,31-30-,34-33-,37-36-,40-39-,43-42-,45-24-,51-49-. The number of hydrogen-bond donors (Lipinski definition) is 1. The molecule has 0 spiro atoms. The second-order valence-electron chi connectivity index (χ2n) is 19.3. The van der Waals surface area contributed by atoms with Crippen LogP contribution in [-0.4, -0.2) is 36.4 Å². The van der Waals surface area contributed by atoms with Gasteiger partial charge in [0.2, 0.25) is 0 Å². The molecule has 1 atom stereocenters. The number of rotatable bonds is 53. The molecule has 0 saturated heterocycles. The van der Waals surface area contributed by atoms with Crippen molar-refractivity contribution < 1.29 is 24.2 Å². The summed E-state index contributed by atoms with van der Waals surface area (Å²) >= 11 is 0. The molecule has 0 aliphatic rings. The lowest BCUT2D eigenvalue weighted by Gasteiger charge is -2.15. The summed E-state index contributed by atoms with van der Waals surface area (Å²) in [7, 11) is 0. The Bertz CT molecular complexity index is 1750. The fraction of sp³-hybridized carbons (Fsp3) is 0.549. The van der Waals surface area contributed by atoms with Crippen molar-refractivity contribution in [1.82, 2.24) is 0 Å². The number of carbonyl (C=O) groups is 2. The van der Waals surface area contributed by atoms with E-state index in [0.717, 1.165) is 154 Å². The van der Waals surface area contributed by atoms with Crippen molar-refractivity contribution in [3.8, 4) is 0 Å². The molecule has 76 heavy (non-hydrogen) atoms. The minimum atomic E-state index is -0.797. The molecule has 0 aromatic carbocycles. The van der Waals surface area contributed by atoms with E-state index >= 15 is 0 Å². The van der Waals surface area contributed by atoms with E-state index in [4.69, 9.17) is 9.47 Å². The fourth-order valence-corrected chi connectivity index (χ4v) is 7.73. The Balaban J connectivity index is 3.62. The number of aliphatic hydroxyl groups excluding tert-OH is 1. The molecule has 5 nitrogen and oxygen atoms in total.